The molecule has 10 heteroatoms. The number of piperidine rings is 1. The average Bonchev–Trinajstić information content (AvgIpc) is 3.40. The molecular weight excluding hydrogens is 485 g/mol. The molecule has 2 N–H and O–H groups in total. The molecule has 0 saturated carbocycles. The van der Waals surface area contributed by atoms with Crippen LogP contribution in [-0.2, 0) is 21.4 Å². The van der Waals surface area contributed by atoms with Crippen molar-refractivity contribution in [1.82, 2.24) is 14.9 Å². The highest BCUT2D eigenvalue weighted by molar-refractivity contribution is 7.89. The highest BCUT2D eigenvalue weighted by Gasteiger charge is 2.36. The molecule has 36 heavy (non-hydrogen) atoms. The lowest BCUT2D eigenvalue weighted by Gasteiger charge is -2.35. The number of amides is 2. The van der Waals surface area contributed by atoms with E-state index in [0.717, 1.165) is 5.56 Å². The molecule has 1 aliphatic heterocycles. The Morgan fingerprint density at radius 3 is 2.33 bits per heavy atom. The van der Waals surface area contributed by atoms with Crippen molar-refractivity contribution in [2.24, 2.45) is 5.92 Å². The van der Waals surface area contributed by atoms with Gasteiger partial charge in [-0.25, -0.2) is 12.8 Å². The van der Waals surface area contributed by atoms with Crippen molar-refractivity contribution in [3.05, 3.63) is 89.6 Å². The van der Waals surface area contributed by atoms with Gasteiger partial charge in [-0.15, -0.1) is 0 Å². The number of carbonyl (C=O) groups excluding carboxylic acids is 2. The second-order valence-electron chi connectivity index (χ2n) is 8.81. The molecular formula is C26H28FN3O5S. The molecule has 3 aromatic rings. The quantitative estimate of drug-likeness (QED) is 0.481. The van der Waals surface area contributed by atoms with Gasteiger partial charge in [0.1, 0.15) is 17.6 Å². The summed E-state index contributed by atoms with van der Waals surface area (Å²) in [6.07, 6.45) is 2.26. The van der Waals surface area contributed by atoms with E-state index in [1.54, 1.807) is 36.4 Å². The second-order valence-corrected chi connectivity index (χ2v) is 10.7. The number of furan rings is 1. The Labute approximate surface area is 209 Å². The van der Waals surface area contributed by atoms with Crippen LogP contribution in [0.2, 0.25) is 0 Å². The molecule has 8 nitrogen and oxygen atoms in total. The monoisotopic (exact) mass is 513 g/mol. The summed E-state index contributed by atoms with van der Waals surface area (Å²) in [5, 5.41) is 5.55. The van der Waals surface area contributed by atoms with Gasteiger partial charge in [-0.05, 0) is 74.2 Å². The van der Waals surface area contributed by atoms with Crippen LogP contribution >= 0.6 is 0 Å². The zero-order valence-electron chi connectivity index (χ0n) is 19.8. The summed E-state index contributed by atoms with van der Waals surface area (Å²) in [6, 6.07) is 14.3. The highest BCUT2D eigenvalue weighted by atomic mass is 32.2. The first-order valence-electron chi connectivity index (χ1n) is 11.7. The van der Waals surface area contributed by atoms with Gasteiger partial charge < -0.3 is 15.1 Å². The zero-order chi connectivity index (χ0) is 25.7. The smallest absolute Gasteiger partial charge is 0.251 e. The molecule has 1 aromatic heterocycles. The maximum absolute atomic E-state index is 13.3. The van der Waals surface area contributed by atoms with E-state index >= 15 is 0 Å². The van der Waals surface area contributed by atoms with Crippen molar-refractivity contribution in [1.29, 1.82) is 0 Å². The Morgan fingerprint density at radius 2 is 1.72 bits per heavy atom. The number of nitrogens with zero attached hydrogens (tertiary/aromatic N) is 1. The molecule has 0 spiro atoms. The van der Waals surface area contributed by atoms with E-state index in [0.29, 0.717) is 18.6 Å². The van der Waals surface area contributed by atoms with E-state index in [4.69, 9.17) is 4.42 Å². The maximum atomic E-state index is 13.3. The van der Waals surface area contributed by atoms with Gasteiger partial charge in [-0.3, -0.25) is 9.59 Å². The Hall–Kier alpha value is -3.50. The number of nitrogens with one attached hydrogen (secondary N) is 2. The fourth-order valence-electron chi connectivity index (χ4n) is 4.23. The lowest BCUT2D eigenvalue weighted by Crippen LogP contribution is -2.53. The second kappa shape index (κ2) is 11.0. The van der Waals surface area contributed by atoms with Crippen LogP contribution in [0.5, 0.6) is 0 Å². The molecule has 2 amide bonds. The molecule has 0 radical (unpaired) electrons. The summed E-state index contributed by atoms with van der Waals surface area (Å²) in [4.78, 5) is 26.2. The van der Waals surface area contributed by atoms with E-state index < -0.39 is 33.7 Å². The Morgan fingerprint density at radius 1 is 1.06 bits per heavy atom. The van der Waals surface area contributed by atoms with Crippen LogP contribution in [0.3, 0.4) is 0 Å². The Bertz CT molecular complexity index is 1280. The maximum Gasteiger partial charge on any atom is 0.251 e. The largest absolute Gasteiger partial charge is 0.467 e. The molecule has 1 fully saturated rings. The Kier molecular flexibility index (Phi) is 7.85. The van der Waals surface area contributed by atoms with Gasteiger partial charge in [0.05, 0.1) is 17.7 Å². The first-order valence-corrected chi connectivity index (χ1v) is 13.1. The number of sulfonamides is 1. The molecule has 190 valence electrons. The van der Waals surface area contributed by atoms with E-state index in [-0.39, 0.29) is 36.0 Å². The number of halogens is 1. The summed E-state index contributed by atoms with van der Waals surface area (Å²) in [7, 11) is -3.66. The average molecular weight is 514 g/mol. The van der Waals surface area contributed by atoms with Crippen LogP contribution in [0.4, 0.5) is 4.39 Å². The highest BCUT2D eigenvalue weighted by Crippen LogP contribution is 2.26. The third-order valence-corrected chi connectivity index (χ3v) is 8.23. The number of hydrogen-bond donors (Lipinski definition) is 2. The van der Waals surface area contributed by atoms with Gasteiger partial charge in [-0.1, -0.05) is 17.7 Å². The lowest BCUT2D eigenvalue weighted by molar-refractivity contribution is -0.124. The van der Waals surface area contributed by atoms with Crippen molar-refractivity contribution in [3.63, 3.8) is 0 Å². The predicted molar refractivity (Wildman–Crippen MR) is 131 cm³/mol. The standard InChI is InChI=1S/C26H28FN3O5S/c1-18-4-10-23(11-5-18)36(33,34)30-14-12-19(13-15-30)24(26(32)28-17-22-3-2-16-35-22)29-25(31)20-6-8-21(27)9-7-20/h2-11,16,19,24H,12-15,17H2,1H3,(H,28,32)(H,29,31). The van der Waals surface area contributed by atoms with Crippen molar-refractivity contribution in [2.75, 3.05) is 13.1 Å². The van der Waals surface area contributed by atoms with Crippen LogP contribution in [0.15, 0.2) is 76.2 Å². The minimum absolute atomic E-state index is 0.148. The molecule has 0 bridgehead atoms. The van der Waals surface area contributed by atoms with Crippen molar-refractivity contribution in [2.45, 2.75) is 37.2 Å². The SMILES string of the molecule is Cc1ccc(S(=O)(=O)N2CCC(C(NC(=O)c3ccc(F)cc3)C(=O)NCc3ccco3)CC2)cc1. The van der Waals surface area contributed by atoms with Crippen LogP contribution in [-0.4, -0.2) is 43.7 Å². The molecule has 1 unspecified atom stereocenters. The zero-order valence-corrected chi connectivity index (χ0v) is 20.6. The number of rotatable bonds is 8. The van der Waals surface area contributed by atoms with Gasteiger partial charge in [0.25, 0.3) is 5.91 Å². The van der Waals surface area contributed by atoms with Crippen molar-refractivity contribution >= 4 is 21.8 Å². The summed E-state index contributed by atoms with van der Waals surface area (Å²) in [5.74, 6) is -1.12. The van der Waals surface area contributed by atoms with Crippen LogP contribution in [0.25, 0.3) is 0 Å². The molecule has 4 rings (SSSR count). The molecule has 1 aliphatic rings. The summed E-state index contributed by atoms with van der Waals surface area (Å²) in [6.45, 7) is 2.47. The van der Waals surface area contributed by atoms with Gasteiger partial charge in [0.15, 0.2) is 0 Å². The van der Waals surface area contributed by atoms with Crippen molar-refractivity contribution < 1.29 is 26.8 Å². The van der Waals surface area contributed by atoms with Crippen LogP contribution in [0.1, 0.15) is 34.5 Å². The van der Waals surface area contributed by atoms with E-state index in [2.05, 4.69) is 10.6 Å². The fraction of sp³-hybridized carbons (Fsp3) is 0.308. The lowest BCUT2D eigenvalue weighted by atomic mass is 9.89. The van der Waals surface area contributed by atoms with Gasteiger partial charge >= 0.3 is 0 Å². The number of hydrogen-bond acceptors (Lipinski definition) is 5. The van der Waals surface area contributed by atoms with E-state index in [9.17, 15) is 22.4 Å². The van der Waals surface area contributed by atoms with Crippen LogP contribution < -0.4 is 10.6 Å². The minimum Gasteiger partial charge on any atom is -0.467 e. The van der Waals surface area contributed by atoms with Gasteiger partial charge in [0, 0.05) is 18.7 Å². The molecule has 1 saturated heterocycles. The van der Waals surface area contributed by atoms with E-state index in [1.807, 2.05) is 6.92 Å². The number of carbonyl (C=O) groups is 2. The first-order chi connectivity index (χ1) is 17.2. The summed E-state index contributed by atoms with van der Waals surface area (Å²) in [5.41, 5.74) is 1.19. The third kappa shape index (κ3) is 6.00. The van der Waals surface area contributed by atoms with E-state index in [1.165, 1.54) is 34.8 Å². The molecule has 1 atom stereocenters. The number of aryl methyl sites for hydroxylation is 1. The predicted octanol–water partition coefficient (Wildman–Crippen LogP) is 3.24. The normalized spacial score (nSPS) is 15.8. The Balaban J connectivity index is 1.46. The molecule has 2 heterocycles. The topological polar surface area (TPSA) is 109 Å². The van der Waals surface area contributed by atoms with Gasteiger partial charge in [-0.2, -0.15) is 4.31 Å². The first kappa shape index (κ1) is 25.6. The third-order valence-electron chi connectivity index (χ3n) is 6.32. The number of benzene rings is 2. The van der Waals surface area contributed by atoms with Gasteiger partial charge in [0.2, 0.25) is 15.9 Å². The summed E-state index contributed by atoms with van der Waals surface area (Å²) >= 11 is 0. The summed E-state index contributed by atoms with van der Waals surface area (Å²) < 4.78 is 46.1. The minimum atomic E-state index is -3.66. The fourth-order valence-corrected chi connectivity index (χ4v) is 5.70. The molecule has 2 aromatic carbocycles. The van der Waals surface area contributed by atoms with Crippen molar-refractivity contribution in [3.8, 4) is 0 Å². The molecule has 0 aliphatic carbocycles. The van der Waals surface area contributed by atoms with Crippen LogP contribution in [0, 0.1) is 18.7 Å².